The summed E-state index contributed by atoms with van der Waals surface area (Å²) in [5.74, 6) is 1.25. The number of aromatic nitrogens is 3. The van der Waals surface area contributed by atoms with Crippen molar-refractivity contribution in [1.82, 2.24) is 15.0 Å². The second-order valence-electron chi connectivity index (χ2n) is 7.63. The van der Waals surface area contributed by atoms with Crippen LogP contribution in [0.3, 0.4) is 0 Å². The first-order valence-electron chi connectivity index (χ1n) is 10.6. The smallest absolute Gasteiger partial charge is 0.231 e. The van der Waals surface area contributed by atoms with Crippen LogP contribution in [0.25, 0.3) is 11.5 Å². The minimum absolute atomic E-state index is 0.0289. The van der Waals surface area contributed by atoms with Crippen molar-refractivity contribution in [3.63, 3.8) is 0 Å². The third-order valence-corrected chi connectivity index (χ3v) is 5.40. The number of nitrogens with one attached hydrogen (secondary N) is 3. The Bertz CT molecular complexity index is 1260. The Kier molecular flexibility index (Phi) is 5.69. The van der Waals surface area contributed by atoms with Gasteiger partial charge in [0, 0.05) is 24.0 Å². The summed E-state index contributed by atoms with van der Waals surface area (Å²) >= 11 is 0. The van der Waals surface area contributed by atoms with Crippen molar-refractivity contribution in [3.8, 4) is 11.5 Å². The Labute approximate surface area is 189 Å². The number of carbonyl (C=O) groups excluding carboxylic acids is 1. The Morgan fingerprint density at radius 2 is 2.00 bits per heavy atom. The predicted octanol–water partition coefficient (Wildman–Crippen LogP) is 3.91. The highest BCUT2D eigenvalue weighted by molar-refractivity contribution is 5.94. The van der Waals surface area contributed by atoms with Gasteiger partial charge in [-0.25, -0.2) is 9.97 Å². The van der Waals surface area contributed by atoms with E-state index in [0.29, 0.717) is 36.1 Å². The summed E-state index contributed by atoms with van der Waals surface area (Å²) in [5.41, 5.74) is 4.18. The van der Waals surface area contributed by atoms with Gasteiger partial charge in [0.05, 0.1) is 24.4 Å². The first-order chi connectivity index (χ1) is 16.2. The SMILES string of the molecule is O=C1CCc2cc(Nc3ncc(-c4ncco4)c(N[C@H](CO)c4ccccc4)n3)ccc2N1. The summed E-state index contributed by atoms with van der Waals surface area (Å²) in [6.45, 7) is -0.127. The first-order valence-corrected chi connectivity index (χ1v) is 10.6. The summed E-state index contributed by atoms with van der Waals surface area (Å²) < 4.78 is 5.46. The molecule has 0 aliphatic carbocycles. The van der Waals surface area contributed by atoms with Crippen LogP contribution in [-0.2, 0) is 11.2 Å². The van der Waals surface area contributed by atoms with Crippen LogP contribution in [0.1, 0.15) is 23.6 Å². The fourth-order valence-corrected chi connectivity index (χ4v) is 3.74. The number of hydrogen-bond donors (Lipinski definition) is 4. The van der Waals surface area contributed by atoms with Crippen LogP contribution >= 0.6 is 0 Å². The van der Waals surface area contributed by atoms with E-state index in [1.54, 1.807) is 12.4 Å². The summed E-state index contributed by atoms with van der Waals surface area (Å²) in [6, 6.07) is 15.0. The van der Waals surface area contributed by atoms with Crippen molar-refractivity contribution in [2.45, 2.75) is 18.9 Å². The molecule has 2 aromatic carbocycles. The van der Waals surface area contributed by atoms with E-state index in [1.807, 2.05) is 48.5 Å². The van der Waals surface area contributed by atoms with Gasteiger partial charge in [0.15, 0.2) is 0 Å². The van der Waals surface area contributed by atoms with Gasteiger partial charge in [0.25, 0.3) is 0 Å². The van der Waals surface area contributed by atoms with Gasteiger partial charge in [-0.3, -0.25) is 4.79 Å². The van der Waals surface area contributed by atoms with Crippen LogP contribution in [0.5, 0.6) is 0 Å². The molecule has 4 N–H and O–H groups in total. The fourth-order valence-electron chi connectivity index (χ4n) is 3.74. The number of aryl methyl sites for hydroxylation is 1. The lowest BCUT2D eigenvalue weighted by Crippen LogP contribution is -2.19. The number of carbonyl (C=O) groups is 1. The van der Waals surface area contributed by atoms with Gasteiger partial charge in [-0.15, -0.1) is 0 Å². The van der Waals surface area contributed by atoms with Gasteiger partial charge >= 0.3 is 0 Å². The number of aliphatic hydroxyl groups is 1. The van der Waals surface area contributed by atoms with Crippen molar-refractivity contribution >= 4 is 29.0 Å². The molecule has 0 unspecified atom stereocenters. The number of oxazole rings is 1. The van der Waals surface area contributed by atoms with E-state index in [2.05, 4.69) is 30.9 Å². The fraction of sp³-hybridized carbons (Fsp3) is 0.167. The molecule has 2 aromatic heterocycles. The van der Waals surface area contributed by atoms with Gasteiger partial charge in [0.2, 0.25) is 17.7 Å². The third-order valence-electron chi connectivity index (χ3n) is 5.40. The van der Waals surface area contributed by atoms with Crippen molar-refractivity contribution in [2.24, 2.45) is 0 Å². The maximum Gasteiger partial charge on any atom is 0.231 e. The van der Waals surface area contributed by atoms with Crippen LogP contribution in [0.15, 0.2) is 71.6 Å². The molecule has 1 aliphatic rings. The molecule has 166 valence electrons. The summed E-state index contributed by atoms with van der Waals surface area (Å²) in [4.78, 5) is 24.9. The van der Waals surface area contributed by atoms with Gasteiger partial charge in [-0.05, 0) is 35.7 Å². The normalized spacial score (nSPS) is 13.7. The predicted molar refractivity (Wildman–Crippen MR) is 124 cm³/mol. The number of aliphatic hydroxyl groups excluding tert-OH is 1. The molecule has 0 saturated carbocycles. The van der Waals surface area contributed by atoms with E-state index >= 15 is 0 Å². The zero-order valence-electron chi connectivity index (χ0n) is 17.7. The number of rotatable bonds is 7. The molecular weight excluding hydrogens is 420 g/mol. The molecular formula is C24H22N6O3. The number of fused-ring (bicyclic) bond motifs is 1. The number of amides is 1. The van der Waals surface area contributed by atoms with E-state index in [9.17, 15) is 9.90 Å². The molecule has 1 aliphatic heterocycles. The largest absolute Gasteiger partial charge is 0.444 e. The topological polar surface area (TPSA) is 125 Å². The Morgan fingerprint density at radius 3 is 2.79 bits per heavy atom. The first kappa shape index (κ1) is 20.7. The van der Waals surface area contributed by atoms with Crippen molar-refractivity contribution in [3.05, 3.63) is 78.3 Å². The zero-order chi connectivity index (χ0) is 22.6. The lowest BCUT2D eigenvalue weighted by Gasteiger charge is -2.20. The van der Waals surface area contributed by atoms with E-state index in [4.69, 9.17) is 4.42 Å². The van der Waals surface area contributed by atoms with Crippen LogP contribution in [-0.4, -0.2) is 32.6 Å². The Morgan fingerprint density at radius 1 is 1.12 bits per heavy atom. The molecule has 33 heavy (non-hydrogen) atoms. The van der Waals surface area contributed by atoms with E-state index < -0.39 is 0 Å². The Hall–Kier alpha value is -4.24. The number of benzene rings is 2. The number of nitrogens with zero attached hydrogens (tertiary/aromatic N) is 3. The number of hydrogen-bond acceptors (Lipinski definition) is 8. The van der Waals surface area contributed by atoms with Gasteiger partial charge < -0.3 is 25.5 Å². The molecule has 9 heteroatoms. The van der Waals surface area contributed by atoms with Crippen molar-refractivity contribution < 1.29 is 14.3 Å². The molecule has 9 nitrogen and oxygen atoms in total. The molecule has 0 radical (unpaired) electrons. The van der Waals surface area contributed by atoms with Crippen molar-refractivity contribution in [2.75, 3.05) is 22.6 Å². The quantitative estimate of drug-likeness (QED) is 0.340. The highest BCUT2D eigenvalue weighted by atomic mass is 16.3. The molecule has 3 heterocycles. The second-order valence-corrected chi connectivity index (χ2v) is 7.63. The number of anilines is 4. The highest BCUT2D eigenvalue weighted by Crippen LogP contribution is 2.30. The summed E-state index contributed by atoms with van der Waals surface area (Å²) in [5, 5.41) is 19.4. The van der Waals surface area contributed by atoms with Crippen LogP contribution in [0, 0.1) is 0 Å². The van der Waals surface area contributed by atoms with Crippen LogP contribution in [0.4, 0.5) is 23.1 Å². The van der Waals surface area contributed by atoms with E-state index in [1.165, 1.54) is 6.26 Å². The monoisotopic (exact) mass is 442 g/mol. The average Bonchev–Trinajstić information content (AvgIpc) is 3.38. The Balaban J connectivity index is 1.45. The van der Waals surface area contributed by atoms with Gasteiger partial charge in [-0.1, -0.05) is 30.3 Å². The van der Waals surface area contributed by atoms with E-state index in [-0.39, 0.29) is 18.6 Å². The minimum Gasteiger partial charge on any atom is -0.444 e. The zero-order valence-corrected chi connectivity index (χ0v) is 17.7. The molecule has 0 spiro atoms. The molecule has 1 atom stereocenters. The molecule has 5 rings (SSSR count). The lowest BCUT2D eigenvalue weighted by molar-refractivity contribution is -0.116. The van der Waals surface area contributed by atoms with Crippen LogP contribution in [0.2, 0.25) is 0 Å². The molecule has 4 aromatic rings. The van der Waals surface area contributed by atoms with Crippen molar-refractivity contribution in [1.29, 1.82) is 0 Å². The maximum atomic E-state index is 11.6. The molecule has 0 bridgehead atoms. The third kappa shape index (κ3) is 4.53. The van der Waals surface area contributed by atoms with Gasteiger partial charge in [0.1, 0.15) is 12.1 Å². The standard InChI is InChI=1S/C24H22N6O3/c31-14-20(15-4-2-1-3-5-15)29-22-18(23-25-10-11-33-23)13-26-24(30-22)27-17-7-8-19-16(12-17)6-9-21(32)28-19/h1-5,7-8,10-13,20,31H,6,9,14H2,(H,28,32)(H2,26,27,29,30)/t20-/m1/s1. The molecule has 0 fully saturated rings. The summed E-state index contributed by atoms with van der Waals surface area (Å²) in [7, 11) is 0. The second kappa shape index (κ2) is 9.09. The minimum atomic E-state index is -0.380. The highest BCUT2D eigenvalue weighted by Gasteiger charge is 2.19. The average molecular weight is 442 g/mol. The van der Waals surface area contributed by atoms with E-state index in [0.717, 1.165) is 22.5 Å². The molecule has 0 saturated heterocycles. The molecule has 1 amide bonds. The lowest BCUT2D eigenvalue weighted by atomic mass is 10.0. The van der Waals surface area contributed by atoms with Gasteiger partial charge in [-0.2, -0.15) is 4.98 Å². The summed E-state index contributed by atoms with van der Waals surface area (Å²) in [6.07, 6.45) is 5.81. The van der Waals surface area contributed by atoms with Crippen LogP contribution < -0.4 is 16.0 Å². The maximum absolute atomic E-state index is 11.6.